The molecule has 1 aliphatic rings. The van der Waals surface area contributed by atoms with Gasteiger partial charge in [-0.05, 0) is 18.6 Å². The number of carbonyl (C=O) groups excluding carboxylic acids is 2. The lowest BCUT2D eigenvalue weighted by Gasteiger charge is -2.10. The molecule has 0 bridgehead atoms. The maximum Gasteiger partial charge on any atom is 0.231 e. The molecular formula is C14H14N4O3S. The van der Waals surface area contributed by atoms with Gasteiger partial charge in [-0.1, -0.05) is 0 Å². The highest BCUT2D eigenvalue weighted by Gasteiger charge is 2.24. The Hall–Kier alpha value is -2.48. The van der Waals surface area contributed by atoms with Gasteiger partial charge in [0.25, 0.3) is 0 Å². The van der Waals surface area contributed by atoms with Crippen molar-refractivity contribution in [1.82, 2.24) is 9.97 Å². The normalized spacial score (nSPS) is 14.4. The van der Waals surface area contributed by atoms with Gasteiger partial charge >= 0.3 is 0 Å². The van der Waals surface area contributed by atoms with E-state index in [0.717, 1.165) is 6.42 Å². The molecule has 0 aromatic carbocycles. The van der Waals surface area contributed by atoms with E-state index in [4.69, 9.17) is 0 Å². The van der Waals surface area contributed by atoms with Gasteiger partial charge in [0, 0.05) is 24.5 Å². The van der Waals surface area contributed by atoms with Crippen LogP contribution in [0.2, 0.25) is 0 Å². The summed E-state index contributed by atoms with van der Waals surface area (Å²) in [7, 11) is 0. The Morgan fingerprint density at radius 2 is 2.36 bits per heavy atom. The molecule has 1 aliphatic heterocycles. The van der Waals surface area contributed by atoms with Crippen molar-refractivity contribution in [3.05, 3.63) is 29.4 Å². The van der Waals surface area contributed by atoms with Crippen LogP contribution in [0.25, 0.3) is 0 Å². The topological polar surface area (TPSA) is 95.4 Å². The molecule has 1 fully saturated rings. The number of aromatic hydroxyl groups is 1. The van der Waals surface area contributed by atoms with Crippen LogP contribution in [-0.4, -0.2) is 33.4 Å². The Morgan fingerprint density at radius 1 is 1.50 bits per heavy atom. The van der Waals surface area contributed by atoms with Crippen molar-refractivity contribution in [2.24, 2.45) is 0 Å². The summed E-state index contributed by atoms with van der Waals surface area (Å²) in [5, 5.41) is 14.5. The van der Waals surface area contributed by atoms with E-state index in [1.807, 2.05) is 0 Å². The molecule has 114 valence electrons. The molecule has 2 N–H and O–H groups in total. The zero-order chi connectivity index (χ0) is 15.5. The summed E-state index contributed by atoms with van der Waals surface area (Å²) >= 11 is 1.35. The number of nitrogens with one attached hydrogen (secondary N) is 1. The molecule has 3 heterocycles. The minimum atomic E-state index is -0.321. The van der Waals surface area contributed by atoms with Crippen LogP contribution in [0.4, 0.5) is 10.9 Å². The van der Waals surface area contributed by atoms with E-state index in [1.54, 1.807) is 16.3 Å². The molecule has 0 unspecified atom stereocenters. The van der Waals surface area contributed by atoms with Crippen LogP contribution in [-0.2, 0) is 16.0 Å². The van der Waals surface area contributed by atoms with E-state index in [0.29, 0.717) is 23.8 Å². The first kappa shape index (κ1) is 14.5. The Balaban J connectivity index is 1.64. The van der Waals surface area contributed by atoms with Gasteiger partial charge in [-0.2, -0.15) is 0 Å². The van der Waals surface area contributed by atoms with Crippen LogP contribution < -0.4 is 10.2 Å². The molecule has 0 radical (unpaired) electrons. The maximum atomic E-state index is 12.0. The third kappa shape index (κ3) is 3.06. The molecule has 7 nitrogen and oxygen atoms in total. The lowest BCUT2D eigenvalue weighted by Crippen LogP contribution is -2.23. The molecule has 0 aliphatic carbocycles. The summed E-state index contributed by atoms with van der Waals surface area (Å²) in [5.74, 6) is -0.211. The minimum absolute atomic E-state index is 0.0640. The van der Waals surface area contributed by atoms with Gasteiger partial charge in [0.15, 0.2) is 16.7 Å². The second-order valence-corrected chi connectivity index (χ2v) is 5.70. The zero-order valence-electron chi connectivity index (χ0n) is 11.7. The van der Waals surface area contributed by atoms with Crippen LogP contribution in [0.1, 0.15) is 18.5 Å². The lowest BCUT2D eigenvalue weighted by atomic mass is 10.3. The largest absolute Gasteiger partial charge is 0.504 e. The summed E-state index contributed by atoms with van der Waals surface area (Å²) in [6, 6.07) is 3.02. The highest BCUT2D eigenvalue weighted by molar-refractivity contribution is 7.14. The Morgan fingerprint density at radius 3 is 3.09 bits per heavy atom. The average molecular weight is 318 g/mol. The second kappa shape index (κ2) is 6.10. The molecular weight excluding hydrogens is 304 g/mol. The molecule has 0 atom stereocenters. The molecule has 2 aromatic heterocycles. The molecule has 22 heavy (non-hydrogen) atoms. The van der Waals surface area contributed by atoms with Gasteiger partial charge in [-0.25, -0.2) is 9.97 Å². The van der Waals surface area contributed by atoms with Gasteiger partial charge in [0.1, 0.15) is 0 Å². The summed E-state index contributed by atoms with van der Waals surface area (Å²) in [5.41, 5.74) is 0.590. The quantitative estimate of drug-likeness (QED) is 0.892. The van der Waals surface area contributed by atoms with Crippen LogP contribution in [0.15, 0.2) is 23.7 Å². The number of rotatable bonds is 4. The molecule has 2 aromatic rings. The first-order chi connectivity index (χ1) is 10.6. The maximum absolute atomic E-state index is 12.0. The molecule has 1 saturated heterocycles. The van der Waals surface area contributed by atoms with Gasteiger partial charge < -0.3 is 10.4 Å². The first-order valence-corrected chi connectivity index (χ1v) is 7.70. The van der Waals surface area contributed by atoms with E-state index in [-0.39, 0.29) is 29.8 Å². The van der Waals surface area contributed by atoms with Crippen molar-refractivity contribution in [3.63, 3.8) is 0 Å². The highest BCUT2D eigenvalue weighted by Crippen LogP contribution is 2.25. The van der Waals surface area contributed by atoms with Gasteiger partial charge in [0.2, 0.25) is 11.8 Å². The number of thiazole rings is 1. The number of amides is 2. The number of nitrogens with zero attached hydrogens (tertiary/aromatic N) is 3. The molecule has 0 spiro atoms. The summed E-state index contributed by atoms with van der Waals surface area (Å²) in [6.07, 6.45) is 2.94. The van der Waals surface area contributed by atoms with Crippen molar-refractivity contribution in [2.75, 3.05) is 16.8 Å². The first-order valence-electron chi connectivity index (χ1n) is 6.82. The summed E-state index contributed by atoms with van der Waals surface area (Å²) in [4.78, 5) is 33.5. The fourth-order valence-corrected chi connectivity index (χ4v) is 3.05. The van der Waals surface area contributed by atoms with E-state index < -0.39 is 0 Å². The van der Waals surface area contributed by atoms with Crippen LogP contribution in [0.5, 0.6) is 5.75 Å². The van der Waals surface area contributed by atoms with Crippen LogP contribution >= 0.6 is 11.3 Å². The predicted octanol–water partition coefficient (Wildman–Crippen LogP) is 1.55. The molecule has 8 heteroatoms. The number of carbonyl (C=O) groups is 2. The fourth-order valence-electron chi connectivity index (χ4n) is 2.19. The van der Waals surface area contributed by atoms with Gasteiger partial charge in [-0.15, -0.1) is 11.3 Å². The monoisotopic (exact) mass is 318 g/mol. The highest BCUT2D eigenvalue weighted by atomic mass is 32.1. The molecule has 0 saturated carbocycles. The SMILES string of the molecule is O=C(Cc1csc(N2CCCC2=O)n1)Nc1ncccc1O. The average Bonchev–Trinajstić information content (AvgIpc) is 3.10. The predicted molar refractivity (Wildman–Crippen MR) is 81.9 cm³/mol. The summed E-state index contributed by atoms with van der Waals surface area (Å²) in [6.45, 7) is 0.680. The fraction of sp³-hybridized carbons (Fsp3) is 0.286. The Kier molecular flexibility index (Phi) is 4.01. The summed E-state index contributed by atoms with van der Waals surface area (Å²) < 4.78 is 0. The Bertz CT molecular complexity index is 716. The molecule has 3 rings (SSSR count). The standard InChI is InChI=1S/C14H14N4O3S/c19-10-3-1-5-15-13(10)17-11(20)7-9-8-22-14(16-9)18-6-2-4-12(18)21/h1,3,5,8,19H,2,4,6-7H2,(H,15,17,20). The van der Waals surface area contributed by atoms with E-state index in [1.165, 1.54) is 23.6 Å². The van der Waals surface area contributed by atoms with E-state index >= 15 is 0 Å². The van der Waals surface area contributed by atoms with Crippen LogP contribution in [0.3, 0.4) is 0 Å². The minimum Gasteiger partial charge on any atom is -0.504 e. The number of aromatic nitrogens is 2. The zero-order valence-corrected chi connectivity index (χ0v) is 12.5. The van der Waals surface area contributed by atoms with Crippen molar-refractivity contribution in [1.29, 1.82) is 0 Å². The number of hydrogen-bond donors (Lipinski definition) is 2. The number of hydrogen-bond acceptors (Lipinski definition) is 6. The van der Waals surface area contributed by atoms with Gasteiger partial charge in [-0.3, -0.25) is 14.5 Å². The van der Waals surface area contributed by atoms with Crippen molar-refractivity contribution in [3.8, 4) is 5.75 Å². The van der Waals surface area contributed by atoms with E-state index in [9.17, 15) is 14.7 Å². The van der Waals surface area contributed by atoms with E-state index in [2.05, 4.69) is 15.3 Å². The molecule has 2 amide bonds. The van der Waals surface area contributed by atoms with Crippen molar-refractivity contribution in [2.45, 2.75) is 19.3 Å². The Labute approximate surface area is 130 Å². The third-order valence-electron chi connectivity index (χ3n) is 3.23. The van der Waals surface area contributed by atoms with Crippen molar-refractivity contribution < 1.29 is 14.7 Å². The third-order valence-corrected chi connectivity index (χ3v) is 4.14. The van der Waals surface area contributed by atoms with Crippen molar-refractivity contribution >= 4 is 34.1 Å². The van der Waals surface area contributed by atoms with Gasteiger partial charge in [0.05, 0.1) is 12.1 Å². The second-order valence-electron chi connectivity index (χ2n) is 4.87. The number of anilines is 2. The van der Waals surface area contributed by atoms with Crippen LogP contribution in [0, 0.1) is 0 Å². The number of pyridine rings is 1. The smallest absolute Gasteiger partial charge is 0.231 e. The lowest BCUT2D eigenvalue weighted by molar-refractivity contribution is -0.117.